The van der Waals surface area contributed by atoms with Crippen LogP contribution in [0.25, 0.3) is 0 Å². The van der Waals surface area contributed by atoms with Crippen LogP contribution in [0.5, 0.6) is 0 Å². The Labute approximate surface area is 137 Å². The summed E-state index contributed by atoms with van der Waals surface area (Å²) in [6.45, 7) is 10.7. The van der Waals surface area contributed by atoms with E-state index in [2.05, 4.69) is 15.3 Å². The van der Waals surface area contributed by atoms with Crippen LogP contribution in [0.2, 0.25) is 0 Å². The van der Waals surface area contributed by atoms with Crippen LogP contribution in [-0.4, -0.2) is 52.1 Å². The standard InChI is InChI=1S/C16H26N4O3/c1-6-20(15(22)23-16(3,4)5)9-7-8-17-14(21)13-11-18-12(2)10-19-13/h10-11H,6-9H2,1-5H3,(H,17,21). The van der Waals surface area contributed by atoms with Gasteiger partial charge in [-0.3, -0.25) is 9.78 Å². The molecule has 0 aromatic carbocycles. The first-order valence-corrected chi connectivity index (χ1v) is 7.77. The highest BCUT2D eigenvalue weighted by Gasteiger charge is 2.20. The summed E-state index contributed by atoms with van der Waals surface area (Å²) in [5, 5.41) is 2.76. The number of rotatable bonds is 6. The molecule has 0 radical (unpaired) electrons. The third-order valence-corrected chi connectivity index (χ3v) is 2.94. The molecule has 1 N–H and O–H groups in total. The van der Waals surface area contributed by atoms with Gasteiger partial charge in [-0.25, -0.2) is 9.78 Å². The number of aryl methyl sites for hydroxylation is 1. The Morgan fingerprint density at radius 3 is 2.48 bits per heavy atom. The van der Waals surface area contributed by atoms with Crippen molar-refractivity contribution in [1.29, 1.82) is 0 Å². The van der Waals surface area contributed by atoms with Crippen molar-refractivity contribution in [3.8, 4) is 0 Å². The van der Waals surface area contributed by atoms with Gasteiger partial charge < -0.3 is 15.0 Å². The molecule has 1 heterocycles. The number of hydrogen-bond donors (Lipinski definition) is 1. The molecule has 0 atom stereocenters. The maximum absolute atomic E-state index is 12.0. The molecular formula is C16H26N4O3. The van der Waals surface area contributed by atoms with Crippen LogP contribution in [0.15, 0.2) is 12.4 Å². The van der Waals surface area contributed by atoms with Crippen LogP contribution < -0.4 is 5.32 Å². The second kappa shape index (κ2) is 8.45. The van der Waals surface area contributed by atoms with Crippen molar-refractivity contribution in [2.75, 3.05) is 19.6 Å². The third kappa shape index (κ3) is 7.08. The lowest BCUT2D eigenvalue weighted by atomic mass is 10.2. The number of amides is 2. The second-order valence-corrected chi connectivity index (χ2v) is 6.21. The van der Waals surface area contributed by atoms with E-state index in [1.807, 2.05) is 34.6 Å². The van der Waals surface area contributed by atoms with Gasteiger partial charge in [0.15, 0.2) is 0 Å². The third-order valence-electron chi connectivity index (χ3n) is 2.94. The quantitative estimate of drug-likeness (QED) is 0.811. The van der Waals surface area contributed by atoms with Crippen LogP contribution in [0.1, 0.15) is 50.3 Å². The smallest absolute Gasteiger partial charge is 0.410 e. The number of carbonyl (C=O) groups excluding carboxylic acids is 2. The van der Waals surface area contributed by atoms with Crippen molar-refractivity contribution in [3.05, 3.63) is 23.8 Å². The molecule has 1 aromatic heterocycles. The molecule has 0 saturated heterocycles. The van der Waals surface area contributed by atoms with Gasteiger partial charge in [0.2, 0.25) is 0 Å². The Bertz CT molecular complexity index is 523. The summed E-state index contributed by atoms with van der Waals surface area (Å²) in [4.78, 5) is 33.5. The largest absolute Gasteiger partial charge is 0.444 e. The van der Waals surface area contributed by atoms with Gasteiger partial charge in [0.05, 0.1) is 11.9 Å². The fraction of sp³-hybridized carbons (Fsp3) is 0.625. The normalized spacial score (nSPS) is 11.0. The van der Waals surface area contributed by atoms with Gasteiger partial charge in [-0.15, -0.1) is 0 Å². The molecule has 23 heavy (non-hydrogen) atoms. The molecule has 0 aliphatic rings. The lowest BCUT2D eigenvalue weighted by Gasteiger charge is -2.26. The van der Waals surface area contributed by atoms with E-state index in [1.54, 1.807) is 11.1 Å². The van der Waals surface area contributed by atoms with Gasteiger partial charge in [0, 0.05) is 25.8 Å². The predicted molar refractivity (Wildman–Crippen MR) is 87.2 cm³/mol. The molecule has 0 fully saturated rings. The van der Waals surface area contributed by atoms with Crippen LogP contribution in [0, 0.1) is 6.92 Å². The molecule has 0 aliphatic carbocycles. The molecular weight excluding hydrogens is 296 g/mol. The average molecular weight is 322 g/mol. The summed E-state index contributed by atoms with van der Waals surface area (Å²) in [7, 11) is 0. The van der Waals surface area contributed by atoms with Crippen molar-refractivity contribution in [3.63, 3.8) is 0 Å². The van der Waals surface area contributed by atoms with Gasteiger partial charge in [0.25, 0.3) is 5.91 Å². The fourth-order valence-electron chi connectivity index (χ4n) is 1.78. The van der Waals surface area contributed by atoms with Gasteiger partial charge in [-0.05, 0) is 41.0 Å². The molecule has 7 nitrogen and oxygen atoms in total. The van der Waals surface area contributed by atoms with E-state index in [0.29, 0.717) is 26.1 Å². The number of carbonyl (C=O) groups is 2. The zero-order valence-corrected chi connectivity index (χ0v) is 14.5. The van der Waals surface area contributed by atoms with Crippen molar-refractivity contribution in [1.82, 2.24) is 20.2 Å². The van der Waals surface area contributed by atoms with Crippen LogP contribution in [0.3, 0.4) is 0 Å². The molecule has 1 rings (SSSR count). The monoisotopic (exact) mass is 322 g/mol. The maximum Gasteiger partial charge on any atom is 0.410 e. The van der Waals surface area contributed by atoms with E-state index in [0.717, 1.165) is 5.69 Å². The van der Waals surface area contributed by atoms with E-state index < -0.39 is 5.60 Å². The molecule has 1 aromatic rings. The lowest BCUT2D eigenvalue weighted by Crippen LogP contribution is -2.38. The Morgan fingerprint density at radius 1 is 1.26 bits per heavy atom. The number of ether oxygens (including phenoxy) is 1. The topological polar surface area (TPSA) is 84.4 Å². The minimum atomic E-state index is -0.511. The van der Waals surface area contributed by atoms with E-state index in [9.17, 15) is 9.59 Å². The summed E-state index contributed by atoms with van der Waals surface area (Å²) >= 11 is 0. The average Bonchev–Trinajstić information content (AvgIpc) is 2.45. The Kier molecular flexibility index (Phi) is 6.93. The minimum Gasteiger partial charge on any atom is -0.444 e. The van der Waals surface area contributed by atoms with E-state index in [-0.39, 0.29) is 17.7 Å². The molecule has 2 amide bonds. The molecule has 7 heteroatoms. The number of nitrogens with zero attached hydrogens (tertiary/aromatic N) is 3. The van der Waals surface area contributed by atoms with Gasteiger partial charge in [-0.2, -0.15) is 0 Å². The first-order chi connectivity index (χ1) is 10.7. The molecule has 128 valence electrons. The van der Waals surface area contributed by atoms with Crippen molar-refractivity contribution in [2.45, 2.75) is 46.6 Å². The van der Waals surface area contributed by atoms with Crippen molar-refractivity contribution in [2.24, 2.45) is 0 Å². The molecule has 0 aliphatic heterocycles. The lowest BCUT2D eigenvalue weighted by molar-refractivity contribution is 0.0259. The number of nitrogens with one attached hydrogen (secondary N) is 1. The molecule has 0 spiro atoms. The summed E-state index contributed by atoms with van der Waals surface area (Å²) in [5.74, 6) is -0.266. The summed E-state index contributed by atoms with van der Waals surface area (Å²) in [5.41, 5.74) is 0.538. The predicted octanol–water partition coefficient (Wildman–Crippen LogP) is 2.16. The number of aromatic nitrogens is 2. The van der Waals surface area contributed by atoms with Gasteiger partial charge in [0.1, 0.15) is 11.3 Å². The van der Waals surface area contributed by atoms with Crippen LogP contribution in [0.4, 0.5) is 4.79 Å². The van der Waals surface area contributed by atoms with Gasteiger partial charge in [-0.1, -0.05) is 0 Å². The molecule has 0 saturated carbocycles. The van der Waals surface area contributed by atoms with E-state index in [1.165, 1.54) is 6.20 Å². The van der Waals surface area contributed by atoms with Crippen LogP contribution in [-0.2, 0) is 4.74 Å². The van der Waals surface area contributed by atoms with Crippen LogP contribution >= 0.6 is 0 Å². The van der Waals surface area contributed by atoms with E-state index >= 15 is 0 Å². The highest BCUT2D eigenvalue weighted by Crippen LogP contribution is 2.10. The Morgan fingerprint density at radius 2 is 1.96 bits per heavy atom. The van der Waals surface area contributed by atoms with Crippen molar-refractivity contribution >= 4 is 12.0 Å². The maximum atomic E-state index is 12.0. The molecule has 0 unspecified atom stereocenters. The SMILES string of the molecule is CCN(CCCNC(=O)c1cnc(C)cn1)C(=O)OC(C)(C)C. The fourth-order valence-corrected chi connectivity index (χ4v) is 1.78. The highest BCUT2D eigenvalue weighted by atomic mass is 16.6. The van der Waals surface area contributed by atoms with Crippen molar-refractivity contribution < 1.29 is 14.3 Å². The zero-order chi connectivity index (χ0) is 17.5. The Hall–Kier alpha value is -2.18. The summed E-state index contributed by atoms with van der Waals surface area (Å²) < 4.78 is 5.33. The number of hydrogen-bond acceptors (Lipinski definition) is 5. The highest BCUT2D eigenvalue weighted by molar-refractivity contribution is 5.91. The Balaban J connectivity index is 2.36. The first-order valence-electron chi connectivity index (χ1n) is 7.77. The summed E-state index contributed by atoms with van der Waals surface area (Å²) in [6, 6.07) is 0. The summed E-state index contributed by atoms with van der Waals surface area (Å²) in [6.07, 6.45) is 3.30. The minimum absolute atomic E-state index is 0.266. The van der Waals surface area contributed by atoms with E-state index in [4.69, 9.17) is 4.74 Å². The van der Waals surface area contributed by atoms with Gasteiger partial charge >= 0.3 is 6.09 Å². The second-order valence-electron chi connectivity index (χ2n) is 6.21. The molecule has 0 bridgehead atoms. The first kappa shape index (κ1) is 18.9. The zero-order valence-electron chi connectivity index (χ0n) is 14.5.